The Bertz CT molecular complexity index is 997. The molecule has 0 bridgehead atoms. The number of carbonyl (C=O) groups is 4. The van der Waals surface area contributed by atoms with Crippen LogP contribution in [0.4, 0.5) is 4.79 Å². The lowest BCUT2D eigenvalue weighted by Crippen LogP contribution is -2.56. The zero-order chi connectivity index (χ0) is 26.5. The van der Waals surface area contributed by atoms with Crippen molar-refractivity contribution in [2.75, 3.05) is 7.11 Å². The van der Waals surface area contributed by atoms with Crippen molar-refractivity contribution >= 4 is 23.9 Å². The lowest BCUT2D eigenvalue weighted by Gasteiger charge is -2.24. The average Bonchev–Trinajstić information content (AvgIpc) is 2.87. The largest absolute Gasteiger partial charge is 0.467 e. The molecule has 2 rings (SSSR count). The van der Waals surface area contributed by atoms with E-state index in [0.717, 1.165) is 11.1 Å². The third kappa shape index (κ3) is 9.77. The smallest absolute Gasteiger partial charge is 0.408 e. The molecule has 3 amide bonds. The molecule has 0 radical (unpaired) electrons. The molecule has 0 fully saturated rings. The summed E-state index contributed by atoms with van der Waals surface area (Å²) in [5.74, 6) is -1.52. The van der Waals surface area contributed by atoms with Gasteiger partial charge in [0.15, 0.2) is 0 Å². The summed E-state index contributed by atoms with van der Waals surface area (Å²) in [5, 5.41) is 7.86. The molecular weight excluding hydrogens is 462 g/mol. The van der Waals surface area contributed by atoms with Gasteiger partial charge in [0.1, 0.15) is 24.7 Å². The van der Waals surface area contributed by atoms with Crippen LogP contribution in [-0.2, 0) is 36.9 Å². The number of carbonyl (C=O) groups excluding carboxylic acids is 4. The summed E-state index contributed by atoms with van der Waals surface area (Å²) in [6.45, 7) is 5.41. The van der Waals surface area contributed by atoms with Gasteiger partial charge in [-0.3, -0.25) is 9.59 Å². The summed E-state index contributed by atoms with van der Waals surface area (Å²) in [6, 6.07) is 15.5. The van der Waals surface area contributed by atoms with Gasteiger partial charge < -0.3 is 25.4 Å². The molecule has 36 heavy (non-hydrogen) atoms. The maximum atomic E-state index is 13.2. The third-order valence-corrected chi connectivity index (χ3v) is 5.37. The molecule has 2 aromatic carbocycles. The number of rotatable bonds is 12. The van der Waals surface area contributed by atoms with E-state index in [1.54, 1.807) is 0 Å². The van der Waals surface area contributed by atoms with Crippen LogP contribution in [0.5, 0.6) is 0 Å². The highest BCUT2D eigenvalue weighted by molar-refractivity contribution is 5.93. The lowest BCUT2D eigenvalue weighted by molar-refractivity contribution is -0.145. The van der Waals surface area contributed by atoms with E-state index in [-0.39, 0.29) is 18.9 Å². The van der Waals surface area contributed by atoms with Crippen molar-refractivity contribution in [2.24, 2.45) is 5.92 Å². The van der Waals surface area contributed by atoms with Crippen LogP contribution < -0.4 is 16.0 Å². The van der Waals surface area contributed by atoms with Gasteiger partial charge in [0.05, 0.1) is 7.11 Å². The maximum Gasteiger partial charge on any atom is 0.408 e. The minimum atomic E-state index is -0.983. The van der Waals surface area contributed by atoms with Crippen LogP contribution in [0.3, 0.4) is 0 Å². The Morgan fingerprint density at radius 3 is 1.86 bits per heavy atom. The highest BCUT2D eigenvalue weighted by Crippen LogP contribution is 2.09. The fraction of sp³-hybridized carbons (Fsp3) is 0.407. The predicted octanol–water partition coefficient (Wildman–Crippen LogP) is 2.73. The molecule has 0 saturated carbocycles. The second-order valence-electron chi connectivity index (χ2n) is 8.89. The second kappa shape index (κ2) is 14.5. The van der Waals surface area contributed by atoms with Crippen molar-refractivity contribution in [3.8, 4) is 0 Å². The van der Waals surface area contributed by atoms with Crippen molar-refractivity contribution in [3.63, 3.8) is 0 Å². The number of alkyl carbamates (subject to hydrolysis) is 1. The molecular formula is C27H35N3O6. The first-order valence-corrected chi connectivity index (χ1v) is 11.9. The average molecular weight is 498 g/mol. The zero-order valence-electron chi connectivity index (χ0n) is 21.2. The number of nitrogens with one attached hydrogen (secondary N) is 3. The van der Waals surface area contributed by atoms with E-state index in [1.807, 2.05) is 74.5 Å². The predicted molar refractivity (Wildman–Crippen MR) is 135 cm³/mol. The monoisotopic (exact) mass is 497 g/mol. The summed E-state index contributed by atoms with van der Waals surface area (Å²) >= 11 is 0. The number of hydrogen-bond acceptors (Lipinski definition) is 6. The number of ether oxygens (including phenoxy) is 2. The molecule has 9 nitrogen and oxygen atoms in total. The van der Waals surface area contributed by atoms with E-state index >= 15 is 0 Å². The second-order valence-corrected chi connectivity index (χ2v) is 8.89. The molecule has 0 unspecified atom stereocenters. The summed E-state index contributed by atoms with van der Waals surface area (Å²) in [4.78, 5) is 50.4. The molecule has 0 aliphatic heterocycles. The summed E-state index contributed by atoms with van der Waals surface area (Å²) in [7, 11) is 1.26. The van der Waals surface area contributed by atoms with Crippen LogP contribution in [0.25, 0.3) is 0 Å². The molecule has 0 aliphatic rings. The van der Waals surface area contributed by atoms with Gasteiger partial charge in [-0.05, 0) is 30.4 Å². The van der Waals surface area contributed by atoms with E-state index in [0.29, 0.717) is 6.42 Å². The molecule has 0 saturated heterocycles. The normalized spacial score (nSPS) is 13.1. The van der Waals surface area contributed by atoms with Crippen LogP contribution >= 0.6 is 0 Å². The van der Waals surface area contributed by atoms with Gasteiger partial charge in [-0.2, -0.15) is 0 Å². The highest BCUT2D eigenvalue weighted by Gasteiger charge is 2.29. The first-order valence-electron chi connectivity index (χ1n) is 11.9. The van der Waals surface area contributed by atoms with Crippen molar-refractivity contribution in [3.05, 3.63) is 71.8 Å². The van der Waals surface area contributed by atoms with Gasteiger partial charge in [-0.15, -0.1) is 0 Å². The van der Waals surface area contributed by atoms with Gasteiger partial charge in [0.25, 0.3) is 0 Å². The Morgan fingerprint density at radius 2 is 1.31 bits per heavy atom. The summed E-state index contributed by atoms with van der Waals surface area (Å²) < 4.78 is 9.99. The van der Waals surface area contributed by atoms with E-state index in [9.17, 15) is 19.2 Å². The Kier molecular flexibility index (Phi) is 11.4. The number of methoxy groups -OCH3 is 1. The van der Waals surface area contributed by atoms with E-state index < -0.39 is 42.0 Å². The van der Waals surface area contributed by atoms with Crippen LogP contribution in [0.2, 0.25) is 0 Å². The van der Waals surface area contributed by atoms with E-state index in [4.69, 9.17) is 9.47 Å². The van der Waals surface area contributed by atoms with Gasteiger partial charge in [-0.1, -0.05) is 74.5 Å². The van der Waals surface area contributed by atoms with Crippen molar-refractivity contribution in [2.45, 2.75) is 58.3 Å². The van der Waals surface area contributed by atoms with Crippen LogP contribution in [0.15, 0.2) is 60.7 Å². The first kappa shape index (κ1) is 28.4. The number of benzene rings is 2. The van der Waals surface area contributed by atoms with Crippen LogP contribution in [0, 0.1) is 5.92 Å². The van der Waals surface area contributed by atoms with Gasteiger partial charge in [0.2, 0.25) is 11.8 Å². The fourth-order valence-corrected chi connectivity index (χ4v) is 3.46. The first-order chi connectivity index (χ1) is 17.2. The Labute approximate surface area is 211 Å². The number of amides is 3. The number of esters is 1. The molecule has 3 atom stereocenters. The highest BCUT2D eigenvalue weighted by atomic mass is 16.5. The maximum absolute atomic E-state index is 13.2. The Balaban J connectivity index is 2.04. The molecule has 0 spiro atoms. The SMILES string of the molecule is COC(=O)[C@H](CC(C)C)NC(=O)[C@H](Cc1ccccc1)NC(=O)[C@H](C)NC(=O)OCc1ccccc1. The lowest BCUT2D eigenvalue weighted by atomic mass is 10.0. The van der Waals surface area contributed by atoms with Crippen molar-refractivity contribution in [1.29, 1.82) is 0 Å². The molecule has 2 aromatic rings. The standard InChI is InChI=1S/C27H35N3O6/c1-18(2)15-23(26(33)35-4)30-25(32)22(16-20-11-7-5-8-12-20)29-24(31)19(3)28-27(34)36-17-21-13-9-6-10-14-21/h5-14,18-19,22-23H,15-17H2,1-4H3,(H,28,34)(H,29,31)(H,30,32)/t19-,22-,23-/m0/s1. The zero-order valence-corrected chi connectivity index (χ0v) is 21.2. The van der Waals surface area contributed by atoms with Crippen molar-refractivity contribution < 1.29 is 28.7 Å². The quantitative estimate of drug-likeness (QED) is 0.388. The molecule has 3 N–H and O–H groups in total. The summed E-state index contributed by atoms with van der Waals surface area (Å²) in [6.07, 6.45) is -0.178. The molecule has 9 heteroatoms. The number of hydrogen-bond donors (Lipinski definition) is 3. The van der Waals surface area contributed by atoms with Crippen LogP contribution in [-0.4, -0.2) is 49.1 Å². The van der Waals surface area contributed by atoms with Gasteiger partial charge in [-0.25, -0.2) is 9.59 Å². The third-order valence-electron chi connectivity index (χ3n) is 5.37. The fourth-order valence-electron chi connectivity index (χ4n) is 3.46. The Morgan fingerprint density at radius 1 is 0.750 bits per heavy atom. The summed E-state index contributed by atoms with van der Waals surface area (Å²) in [5.41, 5.74) is 1.63. The molecule has 0 aromatic heterocycles. The van der Waals surface area contributed by atoms with Gasteiger partial charge in [0, 0.05) is 6.42 Å². The molecule has 194 valence electrons. The Hall–Kier alpha value is -3.88. The minimum absolute atomic E-state index is 0.0603. The van der Waals surface area contributed by atoms with E-state index in [2.05, 4.69) is 16.0 Å². The topological polar surface area (TPSA) is 123 Å². The molecule has 0 aliphatic carbocycles. The van der Waals surface area contributed by atoms with Crippen LogP contribution in [0.1, 0.15) is 38.3 Å². The van der Waals surface area contributed by atoms with Crippen molar-refractivity contribution in [1.82, 2.24) is 16.0 Å². The molecule has 0 heterocycles. The minimum Gasteiger partial charge on any atom is -0.467 e. The van der Waals surface area contributed by atoms with Gasteiger partial charge >= 0.3 is 12.1 Å². The van der Waals surface area contributed by atoms with E-state index in [1.165, 1.54) is 14.0 Å².